The maximum Gasteiger partial charge on any atom is 0.396 e. The van der Waals surface area contributed by atoms with Gasteiger partial charge in [-0.3, -0.25) is 0 Å². The van der Waals surface area contributed by atoms with E-state index in [2.05, 4.69) is 10.3 Å². The van der Waals surface area contributed by atoms with E-state index in [1.54, 1.807) is 11.1 Å². The Morgan fingerprint density at radius 3 is 2.77 bits per heavy atom. The first-order valence-electron chi connectivity index (χ1n) is 7.39. The van der Waals surface area contributed by atoms with Gasteiger partial charge in [-0.2, -0.15) is 13.2 Å². The molecule has 1 aliphatic carbocycles. The maximum absolute atomic E-state index is 12.8. The third kappa shape index (κ3) is 2.66. The topological polar surface area (TPSA) is 50.2 Å². The first-order chi connectivity index (χ1) is 10.3. The molecule has 1 aromatic heterocycles. The van der Waals surface area contributed by atoms with Crippen molar-refractivity contribution in [2.45, 2.75) is 31.4 Å². The lowest BCUT2D eigenvalue weighted by atomic mass is 10.1. The molecule has 1 aromatic rings. The number of nitrogens with zero attached hydrogens (tertiary/aromatic N) is 3. The Morgan fingerprint density at radius 1 is 1.50 bits per heavy atom. The molecule has 0 spiro atoms. The van der Waals surface area contributed by atoms with Crippen molar-refractivity contribution in [1.82, 2.24) is 19.8 Å². The van der Waals surface area contributed by atoms with E-state index in [1.807, 2.05) is 17.8 Å². The van der Waals surface area contributed by atoms with Crippen LogP contribution in [0.1, 0.15) is 31.0 Å². The van der Waals surface area contributed by atoms with Gasteiger partial charge < -0.3 is 14.8 Å². The minimum atomic E-state index is -4.24. The van der Waals surface area contributed by atoms with E-state index >= 15 is 0 Å². The highest BCUT2D eigenvalue weighted by atomic mass is 19.4. The fraction of sp³-hybridized carbons (Fsp3) is 0.714. The Bertz CT molecular complexity index is 565. The van der Waals surface area contributed by atoms with Crippen LogP contribution in [0.3, 0.4) is 0 Å². The zero-order valence-corrected chi connectivity index (χ0v) is 12.4. The van der Waals surface area contributed by atoms with Gasteiger partial charge in [-0.15, -0.1) is 0 Å². The lowest BCUT2D eigenvalue weighted by molar-refractivity contribution is -0.184. The summed E-state index contributed by atoms with van der Waals surface area (Å²) in [6.45, 7) is 0.719. The van der Waals surface area contributed by atoms with Gasteiger partial charge in [-0.05, 0) is 19.3 Å². The number of imidazole rings is 1. The number of rotatable bonds is 3. The van der Waals surface area contributed by atoms with Crippen LogP contribution in [0.15, 0.2) is 12.4 Å². The first kappa shape index (κ1) is 15.2. The van der Waals surface area contributed by atoms with Gasteiger partial charge in [0.25, 0.3) is 0 Å². The number of hydrogen-bond donors (Lipinski definition) is 1. The Hall–Kier alpha value is -1.73. The molecular formula is C14H19F3N4O. The summed E-state index contributed by atoms with van der Waals surface area (Å²) in [5.74, 6) is 1.05. The number of hydrogen-bond acceptors (Lipinski definition) is 2. The van der Waals surface area contributed by atoms with E-state index in [0.717, 1.165) is 12.2 Å². The fourth-order valence-electron chi connectivity index (χ4n) is 2.99. The zero-order valence-electron chi connectivity index (χ0n) is 12.4. The molecule has 0 aromatic carbocycles. The number of likely N-dealkylation sites (tertiary alicyclic amines) is 1. The van der Waals surface area contributed by atoms with Gasteiger partial charge in [-0.1, -0.05) is 0 Å². The summed E-state index contributed by atoms with van der Waals surface area (Å²) in [5.41, 5.74) is -1.69. The molecule has 1 N–H and O–H groups in total. The molecule has 22 heavy (non-hydrogen) atoms. The Labute approximate surface area is 126 Å². The molecule has 5 nitrogen and oxygen atoms in total. The van der Waals surface area contributed by atoms with Gasteiger partial charge in [0.1, 0.15) is 5.82 Å². The summed E-state index contributed by atoms with van der Waals surface area (Å²) < 4.78 is 40.4. The van der Waals surface area contributed by atoms with Crippen LogP contribution in [0.2, 0.25) is 0 Å². The highest BCUT2D eigenvalue weighted by Crippen LogP contribution is 2.57. The van der Waals surface area contributed by atoms with E-state index < -0.39 is 17.6 Å². The van der Waals surface area contributed by atoms with Crippen LogP contribution in [0, 0.1) is 5.41 Å². The molecule has 1 saturated carbocycles. The molecular weight excluding hydrogens is 297 g/mol. The number of halogens is 3. The Morgan fingerprint density at radius 2 is 2.23 bits per heavy atom. The van der Waals surface area contributed by atoms with Gasteiger partial charge in [0.15, 0.2) is 0 Å². The highest BCUT2D eigenvalue weighted by Gasteiger charge is 2.63. The second kappa shape index (κ2) is 5.17. The van der Waals surface area contributed by atoms with Crippen LogP contribution in [0.4, 0.5) is 18.0 Å². The smallest absolute Gasteiger partial charge is 0.338 e. The van der Waals surface area contributed by atoms with Crippen molar-refractivity contribution < 1.29 is 18.0 Å². The van der Waals surface area contributed by atoms with E-state index in [1.165, 1.54) is 0 Å². The SMILES string of the molecule is Cn1ccnc1C1CCN(C(=O)NCC2(C(F)(F)F)CC2)C1. The van der Waals surface area contributed by atoms with E-state index in [9.17, 15) is 18.0 Å². The van der Waals surface area contributed by atoms with Gasteiger partial charge >= 0.3 is 12.2 Å². The number of aryl methyl sites for hydroxylation is 1. The quantitative estimate of drug-likeness (QED) is 0.930. The summed E-state index contributed by atoms with van der Waals surface area (Å²) in [6.07, 6.45) is 0.305. The molecule has 122 valence electrons. The monoisotopic (exact) mass is 316 g/mol. The maximum atomic E-state index is 12.8. The Balaban J connectivity index is 1.53. The number of urea groups is 1. The van der Waals surface area contributed by atoms with Crippen LogP contribution in [0.5, 0.6) is 0 Å². The molecule has 1 unspecified atom stereocenters. The first-order valence-corrected chi connectivity index (χ1v) is 7.39. The summed E-state index contributed by atoms with van der Waals surface area (Å²) in [7, 11) is 1.89. The predicted octanol–water partition coefficient (Wildman–Crippen LogP) is 2.26. The van der Waals surface area contributed by atoms with Gasteiger partial charge in [-0.25, -0.2) is 9.78 Å². The third-order valence-corrected chi connectivity index (χ3v) is 4.73. The fourth-order valence-corrected chi connectivity index (χ4v) is 2.99. The van der Waals surface area contributed by atoms with Crippen molar-refractivity contribution in [2.24, 2.45) is 12.5 Å². The predicted molar refractivity (Wildman–Crippen MR) is 73.3 cm³/mol. The number of carbonyl (C=O) groups excluding carboxylic acids is 1. The van der Waals surface area contributed by atoms with Crippen molar-refractivity contribution in [3.05, 3.63) is 18.2 Å². The molecule has 2 heterocycles. The normalized spacial score (nSPS) is 23.6. The molecule has 0 bridgehead atoms. The van der Waals surface area contributed by atoms with Crippen LogP contribution < -0.4 is 5.32 Å². The molecule has 1 atom stereocenters. The summed E-state index contributed by atoms with van der Waals surface area (Å²) in [4.78, 5) is 17.9. The average Bonchev–Trinajstić information content (AvgIpc) is 2.89. The molecule has 3 rings (SSSR count). The number of carbonyl (C=O) groups is 1. The van der Waals surface area contributed by atoms with Crippen molar-refractivity contribution >= 4 is 6.03 Å². The molecule has 2 fully saturated rings. The molecule has 1 aliphatic heterocycles. The van der Waals surface area contributed by atoms with Crippen molar-refractivity contribution in [2.75, 3.05) is 19.6 Å². The van der Waals surface area contributed by atoms with E-state index in [0.29, 0.717) is 13.1 Å². The van der Waals surface area contributed by atoms with Crippen LogP contribution in [-0.2, 0) is 7.05 Å². The van der Waals surface area contributed by atoms with Crippen molar-refractivity contribution in [3.63, 3.8) is 0 Å². The number of alkyl halides is 3. The summed E-state index contributed by atoms with van der Waals surface area (Å²) in [6, 6.07) is -0.410. The minimum Gasteiger partial charge on any atom is -0.338 e. The number of amides is 2. The largest absolute Gasteiger partial charge is 0.396 e. The van der Waals surface area contributed by atoms with Crippen LogP contribution >= 0.6 is 0 Å². The standard InChI is InChI=1S/C14H19F3N4O/c1-20-7-5-18-11(20)10-2-6-21(8-10)12(22)19-9-13(3-4-13)14(15,16)17/h5,7,10H,2-4,6,8-9H2,1H3,(H,19,22). The summed E-state index contributed by atoms with van der Waals surface area (Å²) >= 11 is 0. The Kier molecular flexibility index (Phi) is 3.57. The minimum absolute atomic E-state index is 0.104. The third-order valence-electron chi connectivity index (χ3n) is 4.73. The van der Waals surface area contributed by atoms with Crippen molar-refractivity contribution in [1.29, 1.82) is 0 Å². The van der Waals surface area contributed by atoms with Gasteiger partial charge in [0, 0.05) is 45.0 Å². The van der Waals surface area contributed by atoms with Gasteiger partial charge in [0.2, 0.25) is 0 Å². The summed E-state index contributed by atoms with van der Waals surface area (Å²) in [5, 5.41) is 2.45. The zero-order chi connectivity index (χ0) is 16.0. The van der Waals surface area contributed by atoms with Crippen LogP contribution in [-0.4, -0.2) is 46.3 Å². The van der Waals surface area contributed by atoms with E-state index in [-0.39, 0.29) is 25.3 Å². The second-order valence-corrected chi connectivity index (χ2v) is 6.26. The average molecular weight is 316 g/mol. The lowest BCUT2D eigenvalue weighted by Crippen LogP contribution is -2.44. The number of nitrogens with one attached hydrogen (secondary N) is 1. The molecule has 1 saturated heterocycles. The molecule has 2 aliphatic rings. The second-order valence-electron chi connectivity index (χ2n) is 6.26. The highest BCUT2D eigenvalue weighted by molar-refractivity contribution is 5.74. The molecule has 0 radical (unpaired) electrons. The molecule has 8 heteroatoms. The molecule has 2 amide bonds. The lowest BCUT2D eigenvalue weighted by Gasteiger charge is -2.22. The number of aromatic nitrogens is 2. The van der Waals surface area contributed by atoms with Crippen molar-refractivity contribution in [3.8, 4) is 0 Å². The van der Waals surface area contributed by atoms with E-state index in [4.69, 9.17) is 0 Å². The van der Waals surface area contributed by atoms with Crippen LogP contribution in [0.25, 0.3) is 0 Å². The van der Waals surface area contributed by atoms with Gasteiger partial charge in [0.05, 0.1) is 5.41 Å².